The highest BCUT2D eigenvalue weighted by atomic mass is 35.5. The fourth-order valence-electron chi connectivity index (χ4n) is 3.50. The fourth-order valence-corrected chi connectivity index (χ4v) is 4.81. The number of anilines is 1. The van der Waals surface area contributed by atoms with Crippen LogP contribution in [0.25, 0.3) is 10.9 Å². The van der Waals surface area contributed by atoms with E-state index >= 15 is 0 Å². The van der Waals surface area contributed by atoms with E-state index in [0.29, 0.717) is 17.5 Å². The number of benzene rings is 1. The number of hydrogen-bond acceptors (Lipinski definition) is 5. The second-order valence-corrected chi connectivity index (χ2v) is 8.41. The van der Waals surface area contributed by atoms with Gasteiger partial charge in [-0.3, -0.25) is 9.79 Å². The van der Waals surface area contributed by atoms with Gasteiger partial charge in [0.2, 0.25) is 0 Å². The van der Waals surface area contributed by atoms with Crippen molar-refractivity contribution in [1.82, 2.24) is 4.98 Å². The van der Waals surface area contributed by atoms with Gasteiger partial charge in [-0.2, -0.15) is 0 Å². The molecule has 0 aliphatic carbocycles. The molecule has 2 aliphatic heterocycles. The molecule has 8 heteroatoms. The number of aromatic nitrogens is 1. The Hall–Kier alpha value is -1.70. The summed E-state index contributed by atoms with van der Waals surface area (Å²) in [5, 5.41) is 15.1. The van der Waals surface area contributed by atoms with Crippen molar-refractivity contribution in [3.8, 4) is 0 Å². The molecule has 0 radical (unpaired) electrons. The number of aromatic amines is 1. The van der Waals surface area contributed by atoms with Crippen LogP contribution in [-0.2, 0) is 9.53 Å². The summed E-state index contributed by atoms with van der Waals surface area (Å²) in [4.78, 5) is 19.0. The summed E-state index contributed by atoms with van der Waals surface area (Å²) in [7, 11) is 0. The summed E-state index contributed by atoms with van der Waals surface area (Å²) in [5.41, 5.74) is 2.99. The largest absolute Gasteiger partial charge is 0.481 e. The number of aliphatic carboxylic acids is 1. The van der Waals surface area contributed by atoms with Crippen molar-refractivity contribution in [2.75, 3.05) is 24.3 Å². The van der Waals surface area contributed by atoms with Gasteiger partial charge in [-0.15, -0.1) is 11.8 Å². The average molecular weight is 408 g/mol. The molecule has 0 unspecified atom stereocenters. The van der Waals surface area contributed by atoms with Gasteiger partial charge in [0.1, 0.15) is 5.04 Å². The van der Waals surface area contributed by atoms with E-state index in [-0.39, 0.29) is 12.5 Å². The minimum atomic E-state index is -0.771. The highest BCUT2D eigenvalue weighted by Gasteiger charge is 2.22. The lowest BCUT2D eigenvalue weighted by Gasteiger charge is -2.24. The number of fused-ring (bicyclic) bond motifs is 1. The number of hydrogen-bond donors (Lipinski definition) is 3. The number of nitrogens with zero attached hydrogens (tertiary/aromatic N) is 1. The first-order valence-corrected chi connectivity index (χ1v) is 10.5. The van der Waals surface area contributed by atoms with Gasteiger partial charge in [-0.1, -0.05) is 11.6 Å². The number of carbonyl (C=O) groups is 1. The Balaban J connectivity index is 1.57. The highest BCUT2D eigenvalue weighted by molar-refractivity contribution is 8.14. The van der Waals surface area contributed by atoms with Crippen LogP contribution in [0.5, 0.6) is 0 Å². The second kappa shape index (κ2) is 8.12. The number of aliphatic imine (C=N–C) groups is 1. The standard InChI is InChI=1S/C19H22ClN3O3S/c20-12-7-11-8-16(19-22-14(10-27-19)1-2-17(24)25)23-18(11)15(9-12)21-13-3-5-26-6-4-13/h7-9,13-14,21,23H,1-6,10H2,(H,24,25)/t14-/m1/s1. The summed E-state index contributed by atoms with van der Waals surface area (Å²) in [6, 6.07) is 6.43. The third kappa shape index (κ3) is 4.42. The van der Waals surface area contributed by atoms with E-state index in [1.54, 1.807) is 11.8 Å². The maximum atomic E-state index is 10.8. The molecular weight excluding hydrogens is 386 g/mol. The molecule has 0 bridgehead atoms. The SMILES string of the molecule is O=C(O)CC[C@@H]1CSC(c2cc3cc(Cl)cc(NC4CCOCC4)c3[nH]2)=N1. The second-order valence-electron chi connectivity index (χ2n) is 6.96. The number of rotatable bonds is 6. The molecule has 1 atom stereocenters. The Morgan fingerprint density at radius 2 is 2.19 bits per heavy atom. The van der Waals surface area contributed by atoms with Crippen LogP contribution in [0.15, 0.2) is 23.2 Å². The Labute approximate surface area is 166 Å². The topological polar surface area (TPSA) is 86.7 Å². The third-order valence-corrected chi connectivity index (χ3v) is 6.28. The van der Waals surface area contributed by atoms with Gasteiger partial charge in [-0.05, 0) is 37.5 Å². The van der Waals surface area contributed by atoms with Gasteiger partial charge in [0.05, 0.1) is 22.9 Å². The summed E-state index contributed by atoms with van der Waals surface area (Å²) >= 11 is 8.01. The maximum absolute atomic E-state index is 10.8. The highest BCUT2D eigenvalue weighted by Crippen LogP contribution is 2.33. The number of thioether (sulfide) groups is 1. The Morgan fingerprint density at radius 1 is 1.37 bits per heavy atom. The van der Waals surface area contributed by atoms with E-state index in [1.807, 2.05) is 12.1 Å². The first kappa shape index (κ1) is 18.7. The molecule has 2 aliphatic rings. The number of H-pyrrole nitrogens is 1. The van der Waals surface area contributed by atoms with Crippen molar-refractivity contribution in [3.05, 3.63) is 28.9 Å². The molecule has 144 valence electrons. The number of halogens is 1. The van der Waals surface area contributed by atoms with E-state index in [9.17, 15) is 4.79 Å². The van der Waals surface area contributed by atoms with Gasteiger partial charge < -0.3 is 20.1 Å². The molecule has 0 amide bonds. The lowest BCUT2D eigenvalue weighted by atomic mass is 10.1. The van der Waals surface area contributed by atoms with Crippen LogP contribution in [0.1, 0.15) is 31.4 Å². The average Bonchev–Trinajstić information content (AvgIpc) is 3.27. The molecule has 3 heterocycles. The minimum absolute atomic E-state index is 0.0657. The third-order valence-electron chi connectivity index (χ3n) is 4.91. The molecule has 1 aromatic carbocycles. The van der Waals surface area contributed by atoms with Gasteiger partial charge in [0.25, 0.3) is 0 Å². The Kier molecular flexibility index (Phi) is 5.61. The van der Waals surface area contributed by atoms with Crippen LogP contribution in [0.4, 0.5) is 5.69 Å². The van der Waals surface area contributed by atoms with Crippen molar-refractivity contribution >= 4 is 51.0 Å². The lowest BCUT2D eigenvalue weighted by Crippen LogP contribution is -2.27. The molecule has 0 spiro atoms. The van der Waals surface area contributed by atoms with Gasteiger partial charge in [0.15, 0.2) is 0 Å². The van der Waals surface area contributed by atoms with E-state index in [1.165, 1.54) is 0 Å². The van der Waals surface area contributed by atoms with Crippen LogP contribution in [0, 0.1) is 0 Å². The van der Waals surface area contributed by atoms with Crippen LogP contribution in [0.2, 0.25) is 5.02 Å². The van der Waals surface area contributed by atoms with Gasteiger partial charge >= 0.3 is 5.97 Å². The van der Waals surface area contributed by atoms with Crippen molar-refractivity contribution < 1.29 is 14.6 Å². The predicted octanol–water partition coefficient (Wildman–Crippen LogP) is 4.14. The smallest absolute Gasteiger partial charge is 0.303 e. The quantitative estimate of drug-likeness (QED) is 0.669. The molecular formula is C19H22ClN3O3S. The summed E-state index contributed by atoms with van der Waals surface area (Å²) < 4.78 is 5.44. The minimum Gasteiger partial charge on any atom is -0.481 e. The zero-order chi connectivity index (χ0) is 18.8. The normalized spacial score (nSPS) is 20.8. The molecule has 0 saturated carbocycles. The van der Waals surface area contributed by atoms with E-state index in [4.69, 9.17) is 26.4 Å². The van der Waals surface area contributed by atoms with E-state index in [0.717, 1.165) is 59.1 Å². The molecule has 6 nitrogen and oxygen atoms in total. The van der Waals surface area contributed by atoms with Crippen LogP contribution in [0.3, 0.4) is 0 Å². The van der Waals surface area contributed by atoms with Crippen molar-refractivity contribution in [2.45, 2.75) is 37.8 Å². The summed E-state index contributed by atoms with van der Waals surface area (Å²) in [6.07, 6.45) is 2.70. The molecule has 2 aromatic rings. The Morgan fingerprint density at radius 3 is 2.96 bits per heavy atom. The van der Waals surface area contributed by atoms with Gasteiger partial charge in [0, 0.05) is 41.8 Å². The monoisotopic (exact) mass is 407 g/mol. The first-order chi connectivity index (χ1) is 13.1. The summed E-state index contributed by atoms with van der Waals surface area (Å²) in [6.45, 7) is 1.56. The maximum Gasteiger partial charge on any atom is 0.303 e. The number of carboxylic acids is 1. The zero-order valence-corrected chi connectivity index (χ0v) is 16.4. The van der Waals surface area contributed by atoms with Crippen molar-refractivity contribution in [2.24, 2.45) is 4.99 Å². The number of ether oxygens (including phenoxy) is 1. The molecule has 27 heavy (non-hydrogen) atoms. The van der Waals surface area contributed by atoms with E-state index < -0.39 is 5.97 Å². The van der Waals surface area contributed by atoms with Crippen molar-refractivity contribution in [1.29, 1.82) is 0 Å². The molecule has 1 saturated heterocycles. The van der Waals surface area contributed by atoms with E-state index in [2.05, 4.69) is 16.4 Å². The lowest BCUT2D eigenvalue weighted by molar-refractivity contribution is -0.137. The van der Waals surface area contributed by atoms with Crippen LogP contribution >= 0.6 is 23.4 Å². The summed E-state index contributed by atoms with van der Waals surface area (Å²) in [5.74, 6) is 0.0547. The Bertz CT molecular complexity index is 876. The molecule has 4 rings (SSSR count). The first-order valence-electron chi connectivity index (χ1n) is 9.18. The van der Waals surface area contributed by atoms with Crippen molar-refractivity contribution in [3.63, 3.8) is 0 Å². The number of nitrogens with one attached hydrogen (secondary N) is 2. The predicted molar refractivity (Wildman–Crippen MR) is 110 cm³/mol. The molecule has 1 fully saturated rings. The fraction of sp³-hybridized carbons (Fsp3) is 0.474. The van der Waals surface area contributed by atoms with Gasteiger partial charge in [-0.25, -0.2) is 0 Å². The molecule has 1 aromatic heterocycles. The van der Waals surface area contributed by atoms with Crippen LogP contribution < -0.4 is 5.32 Å². The number of carboxylic acid groups (broad SMARTS) is 1. The molecule has 3 N–H and O–H groups in total. The van der Waals surface area contributed by atoms with Crippen LogP contribution in [-0.4, -0.2) is 52.2 Å². The zero-order valence-electron chi connectivity index (χ0n) is 14.8.